The Balaban J connectivity index is 2.35. The maximum absolute atomic E-state index is 11.8. The number of hydrogen-bond donors (Lipinski definition) is 1. The maximum Gasteiger partial charge on any atom is 0.380 e. The molecule has 0 saturated carbocycles. The summed E-state index contributed by atoms with van der Waals surface area (Å²) in [5.74, 6) is 0.391. The number of aryl methyl sites for hydroxylation is 1. The lowest BCUT2D eigenvalue weighted by molar-refractivity contribution is 0.383. The highest BCUT2D eigenvalue weighted by atomic mass is 31.2. The molecule has 2 rings (SSSR count). The standard InChI is InChI=1S/C16H17O3P/c1-3-11-20(17,18)19-15-10-9-13(2)16(12-15)14-7-5-4-6-8-14/h3-10,12H,1,11H2,2H3,(H,17,18). The maximum atomic E-state index is 11.8. The van der Waals surface area contributed by atoms with Gasteiger partial charge in [-0.15, -0.1) is 6.58 Å². The Labute approximate surface area is 119 Å². The van der Waals surface area contributed by atoms with E-state index >= 15 is 0 Å². The van der Waals surface area contributed by atoms with Crippen molar-refractivity contribution in [1.29, 1.82) is 0 Å². The van der Waals surface area contributed by atoms with E-state index in [1.807, 2.05) is 43.3 Å². The van der Waals surface area contributed by atoms with Gasteiger partial charge in [-0.2, -0.15) is 0 Å². The van der Waals surface area contributed by atoms with E-state index in [9.17, 15) is 9.46 Å². The third-order valence-electron chi connectivity index (χ3n) is 2.90. The lowest BCUT2D eigenvalue weighted by Gasteiger charge is -2.14. The molecule has 0 saturated heterocycles. The minimum Gasteiger partial charge on any atom is -0.424 e. The first-order valence-corrected chi connectivity index (χ1v) is 8.06. The summed E-state index contributed by atoms with van der Waals surface area (Å²) in [7, 11) is -3.66. The number of benzene rings is 2. The van der Waals surface area contributed by atoms with Crippen LogP contribution >= 0.6 is 7.60 Å². The van der Waals surface area contributed by atoms with Crippen LogP contribution in [0.3, 0.4) is 0 Å². The highest BCUT2D eigenvalue weighted by Crippen LogP contribution is 2.43. The van der Waals surface area contributed by atoms with Crippen molar-refractivity contribution in [3.8, 4) is 16.9 Å². The summed E-state index contributed by atoms with van der Waals surface area (Å²) in [6.45, 7) is 5.45. The molecule has 0 heterocycles. The summed E-state index contributed by atoms with van der Waals surface area (Å²) in [6, 6.07) is 15.2. The zero-order valence-electron chi connectivity index (χ0n) is 11.3. The minimum absolute atomic E-state index is 0.0679. The van der Waals surface area contributed by atoms with Crippen molar-refractivity contribution in [3.63, 3.8) is 0 Å². The van der Waals surface area contributed by atoms with Crippen molar-refractivity contribution < 1.29 is 14.0 Å². The fourth-order valence-corrected chi connectivity index (χ4v) is 2.80. The Morgan fingerprint density at radius 3 is 2.60 bits per heavy atom. The second-order valence-corrected chi connectivity index (χ2v) is 6.37. The van der Waals surface area contributed by atoms with E-state index in [2.05, 4.69) is 6.58 Å². The first kappa shape index (κ1) is 14.6. The van der Waals surface area contributed by atoms with Crippen LogP contribution in [0.25, 0.3) is 11.1 Å². The molecular formula is C16H17O3P. The summed E-state index contributed by atoms with van der Waals surface area (Å²) in [5.41, 5.74) is 3.12. The molecule has 0 amide bonds. The van der Waals surface area contributed by atoms with Gasteiger partial charge in [0.05, 0.1) is 6.16 Å². The van der Waals surface area contributed by atoms with Crippen LogP contribution < -0.4 is 4.52 Å². The number of hydrogen-bond acceptors (Lipinski definition) is 2. The molecule has 3 nitrogen and oxygen atoms in total. The van der Waals surface area contributed by atoms with Crippen molar-refractivity contribution in [3.05, 3.63) is 66.7 Å². The van der Waals surface area contributed by atoms with E-state index in [0.717, 1.165) is 16.7 Å². The van der Waals surface area contributed by atoms with Crippen LogP contribution in [-0.4, -0.2) is 11.1 Å². The summed E-state index contributed by atoms with van der Waals surface area (Å²) in [4.78, 5) is 9.66. The van der Waals surface area contributed by atoms with Gasteiger partial charge in [0.25, 0.3) is 0 Å². The van der Waals surface area contributed by atoms with Crippen molar-refractivity contribution in [2.24, 2.45) is 0 Å². The second-order valence-electron chi connectivity index (χ2n) is 4.54. The highest BCUT2D eigenvalue weighted by Gasteiger charge is 2.19. The molecule has 0 fully saturated rings. The smallest absolute Gasteiger partial charge is 0.380 e. The van der Waals surface area contributed by atoms with Crippen molar-refractivity contribution in [1.82, 2.24) is 0 Å². The van der Waals surface area contributed by atoms with Crippen LogP contribution in [0.5, 0.6) is 5.75 Å². The average molecular weight is 288 g/mol. The molecule has 0 aliphatic rings. The van der Waals surface area contributed by atoms with Gasteiger partial charge in [-0.05, 0) is 35.7 Å². The van der Waals surface area contributed by atoms with Crippen LogP contribution in [-0.2, 0) is 4.57 Å². The minimum atomic E-state index is -3.66. The third kappa shape index (κ3) is 3.60. The number of rotatable bonds is 5. The van der Waals surface area contributed by atoms with Gasteiger partial charge < -0.3 is 9.42 Å². The highest BCUT2D eigenvalue weighted by molar-refractivity contribution is 7.53. The quantitative estimate of drug-likeness (QED) is 0.654. The fraction of sp³-hybridized carbons (Fsp3) is 0.125. The molecule has 0 spiro atoms. The third-order valence-corrected chi connectivity index (χ3v) is 4.12. The van der Waals surface area contributed by atoms with Crippen molar-refractivity contribution in [2.45, 2.75) is 6.92 Å². The van der Waals surface area contributed by atoms with Gasteiger partial charge in [0, 0.05) is 0 Å². The van der Waals surface area contributed by atoms with E-state index in [1.54, 1.807) is 12.1 Å². The Morgan fingerprint density at radius 1 is 1.25 bits per heavy atom. The zero-order chi connectivity index (χ0) is 14.6. The topological polar surface area (TPSA) is 46.5 Å². The van der Waals surface area contributed by atoms with E-state index < -0.39 is 7.60 Å². The van der Waals surface area contributed by atoms with E-state index in [0.29, 0.717) is 5.75 Å². The summed E-state index contributed by atoms with van der Waals surface area (Å²) < 4.78 is 17.0. The van der Waals surface area contributed by atoms with Gasteiger partial charge in [-0.3, -0.25) is 0 Å². The van der Waals surface area contributed by atoms with Gasteiger partial charge in [-0.25, -0.2) is 4.57 Å². The molecule has 104 valence electrons. The van der Waals surface area contributed by atoms with Gasteiger partial charge in [0.15, 0.2) is 0 Å². The lowest BCUT2D eigenvalue weighted by Crippen LogP contribution is -1.95. The van der Waals surface area contributed by atoms with Crippen LogP contribution in [0, 0.1) is 6.92 Å². The summed E-state index contributed by atoms with van der Waals surface area (Å²) in [6.07, 6.45) is 1.31. The van der Waals surface area contributed by atoms with Crippen molar-refractivity contribution >= 4 is 7.60 Å². The molecule has 1 unspecified atom stereocenters. The molecule has 2 aromatic carbocycles. The molecule has 0 aliphatic carbocycles. The number of allylic oxidation sites excluding steroid dienone is 1. The first-order chi connectivity index (χ1) is 9.52. The van der Waals surface area contributed by atoms with E-state index in [1.165, 1.54) is 6.08 Å². The van der Waals surface area contributed by atoms with Gasteiger partial charge >= 0.3 is 7.60 Å². The summed E-state index contributed by atoms with van der Waals surface area (Å²) >= 11 is 0. The molecule has 1 N–H and O–H groups in total. The first-order valence-electron chi connectivity index (χ1n) is 6.30. The summed E-state index contributed by atoms with van der Waals surface area (Å²) in [5, 5.41) is 0. The lowest BCUT2D eigenvalue weighted by atomic mass is 10.0. The average Bonchev–Trinajstić information content (AvgIpc) is 2.41. The fourth-order valence-electron chi connectivity index (χ4n) is 1.95. The zero-order valence-corrected chi connectivity index (χ0v) is 12.2. The predicted octanol–water partition coefficient (Wildman–Crippen LogP) is 4.41. The molecule has 2 aromatic rings. The van der Waals surface area contributed by atoms with Crippen molar-refractivity contribution in [2.75, 3.05) is 6.16 Å². The van der Waals surface area contributed by atoms with Gasteiger partial charge in [0.1, 0.15) is 5.75 Å². The molecule has 4 heteroatoms. The van der Waals surface area contributed by atoms with Crippen LogP contribution in [0.1, 0.15) is 5.56 Å². The van der Waals surface area contributed by atoms with Crippen LogP contribution in [0.4, 0.5) is 0 Å². The monoisotopic (exact) mass is 288 g/mol. The molecule has 0 aromatic heterocycles. The molecule has 0 radical (unpaired) electrons. The van der Waals surface area contributed by atoms with E-state index in [4.69, 9.17) is 4.52 Å². The Bertz CT molecular complexity index is 650. The normalized spacial score (nSPS) is 13.5. The molecule has 0 aliphatic heterocycles. The Kier molecular flexibility index (Phi) is 4.43. The van der Waals surface area contributed by atoms with E-state index in [-0.39, 0.29) is 6.16 Å². The Hall–Kier alpha value is -1.83. The van der Waals surface area contributed by atoms with Crippen LogP contribution in [0.15, 0.2) is 61.2 Å². The largest absolute Gasteiger partial charge is 0.424 e. The predicted molar refractivity (Wildman–Crippen MR) is 82.1 cm³/mol. The molecule has 1 atom stereocenters. The second kappa shape index (κ2) is 6.08. The van der Waals surface area contributed by atoms with Gasteiger partial charge in [0.2, 0.25) is 0 Å². The van der Waals surface area contributed by atoms with Gasteiger partial charge in [-0.1, -0.05) is 42.5 Å². The van der Waals surface area contributed by atoms with Crippen LogP contribution in [0.2, 0.25) is 0 Å². The SMILES string of the molecule is C=CCP(=O)(O)Oc1ccc(C)c(-c2ccccc2)c1. The molecule has 0 bridgehead atoms. The molecule has 20 heavy (non-hydrogen) atoms. The molecular weight excluding hydrogens is 271 g/mol. The Morgan fingerprint density at radius 2 is 1.95 bits per heavy atom.